The van der Waals surface area contributed by atoms with E-state index in [9.17, 15) is 9.59 Å². The summed E-state index contributed by atoms with van der Waals surface area (Å²) in [6.07, 6.45) is 0.966. The molecule has 0 aliphatic carbocycles. The number of hydrogen-bond donors (Lipinski definition) is 1. The Kier molecular flexibility index (Phi) is 5.48. The summed E-state index contributed by atoms with van der Waals surface area (Å²) in [6.45, 7) is 8.80. The average Bonchev–Trinajstić information content (AvgIpc) is 3.08. The van der Waals surface area contributed by atoms with Crippen LogP contribution in [0.2, 0.25) is 0 Å². The Bertz CT molecular complexity index is 705. The van der Waals surface area contributed by atoms with E-state index in [4.69, 9.17) is 14.2 Å². The molecule has 7 heteroatoms. The maximum Gasteiger partial charge on any atom is 0.410 e. The molecule has 1 aromatic rings. The predicted octanol–water partition coefficient (Wildman–Crippen LogP) is 3.24. The number of ether oxygens (including phenoxy) is 3. The van der Waals surface area contributed by atoms with Crippen LogP contribution < -0.4 is 14.8 Å². The highest BCUT2D eigenvalue weighted by Gasteiger charge is 2.30. The largest absolute Gasteiger partial charge is 0.454 e. The molecule has 0 saturated carbocycles. The molecule has 148 valence electrons. The van der Waals surface area contributed by atoms with Gasteiger partial charge in [0.2, 0.25) is 12.7 Å². The normalized spacial score (nSPS) is 18.1. The Balaban J connectivity index is 1.50. The lowest BCUT2D eigenvalue weighted by Gasteiger charge is -2.33. The molecular formula is C20H28N2O5. The molecule has 1 N–H and O–H groups in total. The first-order chi connectivity index (χ1) is 12.7. The van der Waals surface area contributed by atoms with Crippen molar-refractivity contribution < 1.29 is 23.8 Å². The zero-order chi connectivity index (χ0) is 19.6. The number of fused-ring (bicyclic) bond motifs is 1. The number of piperidine rings is 1. The van der Waals surface area contributed by atoms with Crippen molar-refractivity contribution in [2.45, 2.75) is 52.2 Å². The number of likely N-dealkylation sites (tertiary alicyclic amines) is 1. The molecule has 2 aliphatic heterocycles. The zero-order valence-electron chi connectivity index (χ0n) is 16.4. The Morgan fingerprint density at radius 3 is 2.52 bits per heavy atom. The summed E-state index contributed by atoms with van der Waals surface area (Å²) in [5.41, 5.74) is 0.463. The molecule has 2 aliphatic rings. The van der Waals surface area contributed by atoms with Gasteiger partial charge in [-0.25, -0.2) is 4.79 Å². The lowest BCUT2D eigenvalue weighted by molar-refractivity contribution is -0.127. The molecule has 0 aromatic heterocycles. The quantitative estimate of drug-likeness (QED) is 0.876. The van der Waals surface area contributed by atoms with Gasteiger partial charge in [0.25, 0.3) is 0 Å². The van der Waals surface area contributed by atoms with Gasteiger partial charge in [-0.15, -0.1) is 0 Å². The van der Waals surface area contributed by atoms with Gasteiger partial charge in [-0.05, 0) is 58.2 Å². The summed E-state index contributed by atoms with van der Waals surface area (Å²) in [6, 6.07) is 5.57. The van der Waals surface area contributed by atoms with E-state index in [2.05, 4.69) is 5.32 Å². The molecule has 3 rings (SSSR count). The molecule has 1 unspecified atom stereocenters. The monoisotopic (exact) mass is 376 g/mol. The van der Waals surface area contributed by atoms with Crippen LogP contribution in [-0.2, 0) is 9.53 Å². The second kappa shape index (κ2) is 7.66. The average molecular weight is 376 g/mol. The molecule has 0 bridgehead atoms. The van der Waals surface area contributed by atoms with Crippen molar-refractivity contribution in [3.8, 4) is 11.5 Å². The second-order valence-electron chi connectivity index (χ2n) is 8.08. The highest BCUT2D eigenvalue weighted by atomic mass is 16.7. The van der Waals surface area contributed by atoms with Gasteiger partial charge in [0, 0.05) is 19.0 Å². The van der Waals surface area contributed by atoms with Crippen molar-refractivity contribution in [3.63, 3.8) is 0 Å². The van der Waals surface area contributed by atoms with Crippen LogP contribution in [0.25, 0.3) is 0 Å². The minimum absolute atomic E-state index is 0.0176. The fourth-order valence-corrected chi connectivity index (χ4v) is 3.25. The lowest BCUT2D eigenvalue weighted by Crippen LogP contribution is -2.45. The number of rotatable bonds is 3. The standard InChI is InChI=1S/C20H28N2O5/c1-13(15-5-6-16-17(11-15)26-12-25-16)21-18(23)14-7-9-22(10-8-14)19(24)27-20(2,3)4/h5-6,11,13-14H,7-10,12H2,1-4H3,(H,21,23). The van der Waals surface area contributed by atoms with Crippen LogP contribution in [-0.4, -0.2) is 42.4 Å². The number of amides is 2. The minimum atomic E-state index is -0.509. The molecule has 1 fully saturated rings. The topological polar surface area (TPSA) is 77.1 Å². The summed E-state index contributed by atoms with van der Waals surface area (Å²) in [4.78, 5) is 26.4. The molecule has 2 heterocycles. The Morgan fingerprint density at radius 1 is 1.19 bits per heavy atom. The van der Waals surface area contributed by atoms with E-state index in [-0.39, 0.29) is 30.8 Å². The number of benzene rings is 1. The van der Waals surface area contributed by atoms with E-state index in [1.165, 1.54) is 0 Å². The highest BCUT2D eigenvalue weighted by molar-refractivity contribution is 5.79. The third-order valence-electron chi connectivity index (χ3n) is 4.77. The van der Waals surface area contributed by atoms with Gasteiger partial charge < -0.3 is 24.4 Å². The Hall–Kier alpha value is -2.44. The van der Waals surface area contributed by atoms with E-state index in [0.717, 1.165) is 11.3 Å². The van der Waals surface area contributed by atoms with Gasteiger partial charge >= 0.3 is 6.09 Å². The first kappa shape index (κ1) is 19.3. The van der Waals surface area contributed by atoms with Gasteiger partial charge in [-0.2, -0.15) is 0 Å². The van der Waals surface area contributed by atoms with Gasteiger partial charge in [0.1, 0.15) is 5.60 Å². The molecule has 1 atom stereocenters. The minimum Gasteiger partial charge on any atom is -0.454 e. The summed E-state index contributed by atoms with van der Waals surface area (Å²) in [5.74, 6) is 1.36. The van der Waals surface area contributed by atoms with Crippen molar-refractivity contribution in [1.29, 1.82) is 0 Å². The SMILES string of the molecule is CC(NC(=O)C1CCN(C(=O)OC(C)(C)C)CC1)c1ccc2c(c1)OCO2. The van der Waals surface area contributed by atoms with E-state index < -0.39 is 5.60 Å². The van der Waals surface area contributed by atoms with Gasteiger partial charge in [0.05, 0.1) is 6.04 Å². The van der Waals surface area contributed by atoms with Gasteiger partial charge in [-0.3, -0.25) is 4.79 Å². The molecule has 1 aromatic carbocycles. The molecule has 0 spiro atoms. The van der Waals surface area contributed by atoms with Crippen molar-refractivity contribution in [1.82, 2.24) is 10.2 Å². The second-order valence-corrected chi connectivity index (χ2v) is 8.08. The summed E-state index contributed by atoms with van der Waals surface area (Å²) in [7, 11) is 0. The van der Waals surface area contributed by atoms with E-state index >= 15 is 0 Å². The summed E-state index contributed by atoms with van der Waals surface area (Å²) >= 11 is 0. The van der Waals surface area contributed by atoms with Crippen LogP contribution in [0.15, 0.2) is 18.2 Å². The number of nitrogens with zero attached hydrogens (tertiary/aromatic N) is 1. The van der Waals surface area contributed by atoms with Crippen LogP contribution in [0.4, 0.5) is 4.79 Å². The lowest BCUT2D eigenvalue weighted by atomic mass is 9.95. The molecule has 2 amide bonds. The Morgan fingerprint density at radius 2 is 1.85 bits per heavy atom. The van der Waals surface area contributed by atoms with Gasteiger partial charge in [-0.1, -0.05) is 6.07 Å². The van der Waals surface area contributed by atoms with Crippen LogP contribution in [0.5, 0.6) is 11.5 Å². The van der Waals surface area contributed by atoms with Crippen molar-refractivity contribution >= 4 is 12.0 Å². The molecule has 27 heavy (non-hydrogen) atoms. The molecule has 7 nitrogen and oxygen atoms in total. The smallest absolute Gasteiger partial charge is 0.410 e. The summed E-state index contributed by atoms with van der Waals surface area (Å²) < 4.78 is 16.1. The number of nitrogens with one attached hydrogen (secondary N) is 1. The molecule has 0 radical (unpaired) electrons. The van der Waals surface area contributed by atoms with E-state index in [1.54, 1.807) is 4.90 Å². The fourth-order valence-electron chi connectivity index (χ4n) is 3.25. The summed E-state index contributed by atoms with van der Waals surface area (Å²) in [5, 5.41) is 3.07. The van der Waals surface area contributed by atoms with Gasteiger partial charge in [0.15, 0.2) is 11.5 Å². The number of carbonyl (C=O) groups is 2. The third-order valence-corrected chi connectivity index (χ3v) is 4.77. The van der Waals surface area contributed by atoms with E-state index in [0.29, 0.717) is 31.7 Å². The molecule has 1 saturated heterocycles. The van der Waals surface area contributed by atoms with Crippen molar-refractivity contribution in [3.05, 3.63) is 23.8 Å². The Labute approximate surface area is 160 Å². The highest BCUT2D eigenvalue weighted by Crippen LogP contribution is 2.34. The number of hydrogen-bond acceptors (Lipinski definition) is 5. The van der Waals surface area contributed by atoms with Crippen molar-refractivity contribution in [2.75, 3.05) is 19.9 Å². The predicted molar refractivity (Wildman–Crippen MR) is 99.7 cm³/mol. The van der Waals surface area contributed by atoms with Crippen LogP contribution in [0.3, 0.4) is 0 Å². The fraction of sp³-hybridized carbons (Fsp3) is 0.600. The first-order valence-corrected chi connectivity index (χ1v) is 9.41. The first-order valence-electron chi connectivity index (χ1n) is 9.41. The zero-order valence-corrected chi connectivity index (χ0v) is 16.4. The van der Waals surface area contributed by atoms with Crippen LogP contribution in [0.1, 0.15) is 52.1 Å². The van der Waals surface area contributed by atoms with Crippen molar-refractivity contribution in [2.24, 2.45) is 5.92 Å². The third kappa shape index (κ3) is 4.84. The maximum atomic E-state index is 12.6. The molecular weight excluding hydrogens is 348 g/mol. The van der Waals surface area contributed by atoms with E-state index in [1.807, 2.05) is 45.9 Å². The number of carbonyl (C=O) groups excluding carboxylic acids is 2. The maximum absolute atomic E-state index is 12.6. The van der Waals surface area contributed by atoms with Crippen LogP contribution >= 0.6 is 0 Å². The van der Waals surface area contributed by atoms with Crippen LogP contribution in [0, 0.1) is 5.92 Å².